The third kappa shape index (κ3) is 4.53. The van der Waals surface area contributed by atoms with Crippen LogP contribution < -0.4 is 0 Å². The van der Waals surface area contributed by atoms with Gasteiger partial charge in [0.25, 0.3) is 11.8 Å². The van der Waals surface area contributed by atoms with Crippen molar-refractivity contribution in [3.05, 3.63) is 82.4 Å². The molecular weight excluding hydrogens is 419 g/mol. The fraction of sp³-hybridized carbons (Fsp3) is 0.346. The summed E-state index contributed by atoms with van der Waals surface area (Å²) < 4.78 is 15.0. The van der Waals surface area contributed by atoms with E-state index in [9.17, 15) is 14.0 Å². The van der Waals surface area contributed by atoms with Gasteiger partial charge >= 0.3 is 0 Å². The largest absolute Gasteiger partial charge is 0.335 e. The van der Waals surface area contributed by atoms with Crippen LogP contribution >= 0.6 is 0 Å². The highest BCUT2D eigenvalue weighted by Gasteiger charge is 2.29. The van der Waals surface area contributed by atoms with E-state index in [1.165, 1.54) is 17.7 Å². The van der Waals surface area contributed by atoms with E-state index >= 15 is 0 Å². The molecule has 0 atom stereocenters. The van der Waals surface area contributed by atoms with Crippen molar-refractivity contribution in [1.82, 2.24) is 19.6 Å². The standard InChI is InChI=1S/C26H29FN4O2/c1-17(2)20-5-7-21(8-6-20)25(32)29-13-15-30(16-14-29)26(33)24-18(3)28-31(19(24)4)23-11-9-22(27)10-12-23/h5-12,17H,13-16H2,1-4H3. The van der Waals surface area contributed by atoms with Gasteiger partial charge in [-0.1, -0.05) is 26.0 Å². The summed E-state index contributed by atoms with van der Waals surface area (Å²) in [5.74, 6) is 0.00328. The summed E-state index contributed by atoms with van der Waals surface area (Å²) in [5.41, 5.74) is 4.48. The first kappa shape index (κ1) is 22.7. The van der Waals surface area contributed by atoms with Gasteiger partial charge in [-0.15, -0.1) is 0 Å². The molecule has 2 aromatic carbocycles. The lowest BCUT2D eigenvalue weighted by Gasteiger charge is -2.35. The lowest BCUT2D eigenvalue weighted by Crippen LogP contribution is -2.50. The number of benzene rings is 2. The Bertz CT molecular complexity index is 1160. The van der Waals surface area contributed by atoms with Gasteiger partial charge in [0.2, 0.25) is 0 Å². The maximum atomic E-state index is 13.3. The fourth-order valence-corrected chi connectivity index (χ4v) is 4.25. The lowest BCUT2D eigenvalue weighted by atomic mass is 10.0. The van der Waals surface area contributed by atoms with Crippen LogP contribution in [-0.2, 0) is 0 Å². The molecule has 4 rings (SSSR count). The topological polar surface area (TPSA) is 58.4 Å². The van der Waals surface area contributed by atoms with Crippen molar-refractivity contribution < 1.29 is 14.0 Å². The SMILES string of the molecule is Cc1nn(-c2ccc(F)cc2)c(C)c1C(=O)N1CCN(C(=O)c2ccc(C(C)C)cc2)CC1. The minimum absolute atomic E-state index is 0.00565. The van der Waals surface area contributed by atoms with E-state index in [-0.39, 0.29) is 17.6 Å². The third-order valence-electron chi connectivity index (χ3n) is 6.25. The summed E-state index contributed by atoms with van der Waals surface area (Å²) in [5, 5.41) is 4.51. The molecule has 0 unspecified atom stereocenters. The number of hydrogen-bond acceptors (Lipinski definition) is 3. The van der Waals surface area contributed by atoms with E-state index in [1.54, 1.807) is 33.5 Å². The van der Waals surface area contributed by atoms with Crippen molar-refractivity contribution in [2.75, 3.05) is 26.2 Å². The third-order valence-corrected chi connectivity index (χ3v) is 6.25. The quantitative estimate of drug-likeness (QED) is 0.596. The van der Waals surface area contributed by atoms with Gasteiger partial charge in [0.05, 0.1) is 22.6 Å². The van der Waals surface area contributed by atoms with E-state index in [0.717, 1.165) is 0 Å². The van der Waals surface area contributed by atoms with Crippen molar-refractivity contribution in [1.29, 1.82) is 0 Å². The normalized spacial score (nSPS) is 14.1. The average molecular weight is 449 g/mol. The van der Waals surface area contributed by atoms with Gasteiger partial charge in [-0.05, 0) is 61.7 Å². The van der Waals surface area contributed by atoms with Crippen LogP contribution in [-0.4, -0.2) is 57.6 Å². The number of amides is 2. The molecule has 7 heteroatoms. The molecule has 1 aliphatic heterocycles. The van der Waals surface area contributed by atoms with Gasteiger partial charge in [0, 0.05) is 31.7 Å². The summed E-state index contributed by atoms with van der Waals surface area (Å²) >= 11 is 0. The molecule has 33 heavy (non-hydrogen) atoms. The van der Waals surface area contributed by atoms with Crippen molar-refractivity contribution in [3.8, 4) is 5.69 Å². The fourth-order valence-electron chi connectivity index (χ4n) is 4.25. The Morgan fingerprint density at radius 1 is 0.848 bits per heavy atom. The zero-order valence-electron chi connectivity index (χ0n) is 19.5. The average Bonchev–Trinajstić information content (AvgIpc) is 3.12. The minimum atomic E-state index is -0.320. The molecule has 1 saturated heterocycles. The molecule has 2 amide bonds. The summed E-state index contributed by atoms with van der Waals surface area (Å²) in [6, 6.07) is 13.8. The Labute approximate surface area is 193 Å². The van der Waals surface area contributed by atoms with Gasteiger partial charge in [-0.25, -0.2) is 9.07 Å². The molecule has 0 radical (unpaired) electrons. The molecule has 1 aromatic heterocycles. The number of carbonyl (C=O) groups is 2. The van der Waals surface area contributed by atoms with Crippen LogP contribution in [0.5, 0.6) is 0 Å². The second-order valence-electron chi connectivity index (χ2n) is 8.80. The number of hydrogen-bond donors (Lipinski definition) is 0. The molecule has 0 saturated carbocycles. The van der Waals surface area contributed by atoms with Crippen molar-refractivity contribution >= 4 is 11.8 Å². The van der Waals surface area contributed by atoms with E-state index in [0.29, 0.717) is 60.3 Å². The van der Waals surface area contributed by atoms with Crippen LogP contribution in [0, 0.1) is 19.7 Å². The molecule has 0 bridgehead atoms. The Balaban J connectivity index is 1.44. The predicted molar refractivity (Wildman–Crippen MR) is 125 cm³/mol. The number of piperazine rings is 1. The summed E-state index contributed by atoms with van der Waals surface area (Å²) in [7, 11) is 0. The number of rotatable bonds is 4. The maximum Gasteiger partial charge on any atom is 0.257 e. The summed E-state index contributed by atoms with van der Waals surface area (Å²) in [4.78, 5) is 29.8. The molecule has 3 aromatic rings. The molecule has 172 valence electrons. The van der Waals surface area contributed by atoms with Crippen LogP contribution in [0.15, 0.2) is 48.5 Å². The molecule has 1 aliphatic rings. The maximum absolute atomic E-state index is 13.3. The molecule has 0 aliphatic carbocycles. The van der Waals surface area contributed by atoms with E-state index in [2.05, 4.69) is 18.9 Å². The molecule has 0 N–H and O–H groups in total. The van der Waals surface area contributed by atoms with Gasteiger partial charge in [0.1, 0.15) is 5.82 Å². The Morgan fingerprint density at radius 2 is 1.39 bits per heavy atom. The summed E-state index contributed by atoms with van der Waals surface area (Å²) in [6.45, 7) is 9.81. The van der Waals surface area contributed by atoms with Crippen molar-refractivity contribution in [2.45, 2.75) is 33.6 Å². The smallest absolute Gasteiger partial charge is 0.257 e. The number of nitrogens with zero attached hydrogens (tertiary/aromatic N) is 4. The molecule has 1 fully saturated rings. The molecular formula is C26H29FN4O2. The van der Waals surface area contributed by atoms with Gasteiger partial charge in [-0.3, -0.25) is 9.59 Å². The highest BCUT2D eigenvalue weighted by molar-refractivity contribution is 5.97. The van der Waals surface area contributed by atoms with E-state index in [1.807, 2.05) is 31.2 Å². The minimum Gasteiger partial charge on any atom is -0.335 e. The van der Waals surface area contributed by atoms with Crippen LogP contribution in [0.3, 0.4) is 0 Å². The van der Waals surface area contributed by atoms with Gasteiger partial charge < -0.3 is 9.80 Å². The number of halogens is 1. The predicted octanol–water partition coefficient (Wildman–Crippen LogP) is 4.35. The zero-order valence-corrected chi connectivity index (χ0v) is 19.5. The van der Waals surface area contributed by atoms with E-state index in [4.69, 9.17) is 0 Å². The Kier molecular flexibility index (Phi) is 6.31. The van der Waals surface area contributed by atoms with Crippen molar-refractivity contribution in [2.24, 2.45) is 0 Å². The molecule has 0 spiro atoms. The first-order chi connectivity index (χ1) is 15.8. The monoisotopic (exact) mass is 448 g/mol. The highest BCUT2D eigenvalue weighted by atomic mass is 19.1. The summed E-state index contributed by atoms with van der Waals surface area (Å²) in [6.07, 6.45) is 0. The Hall–Kier alpha value is -3.48. The number of aromatic nitrogens is 2. The zero-order chi connectivity index (χ0) is 23.7. The van der Waals surface area contributed by atoms with Gasteiger partial charge in [0.15, 0.2) is 0 Å². The number of aryl methyl sites for hydroxylation is 1. The first-order valence-corrected chi connectivity index (χ1v) is 11.3. The van der Waals surface area contributed by atoms with E-state index < -0.39 is 0 Å². The second-order valence-corrected chi connectivity index (χ2v) is 8.80. The van der Waals surface area contributed by atoms with Crippen LogP contribution in [0.4, 0.5) is 4.39 Å². The Morgan fingerprint density at radius 3 is 1.94 bits per heavy atom. The molecule has 6 nitrogen and oxygen atoms in total. The molecule has 2 heterocycles. The lowest BCUT2D eigenvalue weighted by molar-refractivity contribution is 0.0534. The number of carbonyl (C=O) groups excluding carboxylic acids is 2. The van der Waals surface area contributed by atoms with Crippen LogP contribution in [0.1, 0.15) is 57.4 Å². The first-order valence-electron chi connectivity index (χ1n) is 11.3. The van der Waals surface area contributed by atoms with Crippen molar-refractivity contribution in [3.63, 3.8) is 0 Å². The van der Waals surface area contributed by atoms with Crippen LogP contribution in [0.2, 0.25) is 0 Å². The van der Waals surface area contributed by atoms with Gasteiger partial charge in [-0.2, -0.15) is 5.10 Å². The van der Waals surface area contributed by atoms with Crippen LogP contribution in [0.25, 0.3) is 5.69 Å². The second kappa shape index (κ2) is 9.17. The highest BCUT2D eigenvalue weighted by Crippen LogP contribution is 2.21.